The number of rotatable bonds is 9. The summed E-state index contributed by atoms with van der Waals surface area (Å²) < 4.78 is 18.1. The number of benzene rings is 3. The third kappa shape index (κ3) is 16.3. The average molecular weight is 776 g/mol. The lowest BCUT2D eigenvalue weighted by molar-refractivity contribution is 0.101. The monoisotopic (exact) mass is 775 g/mol. The van der Waals surface area contributed by atoms with E-state index in [9.17, 15) is 0 Å². The summed E-state index contributed by atoms with van der Waals surface area (Å²) in [6, 6.07) is 25.8. The zero-order valence-corrected chi connectivity index (χ0v) is 36.8. The van der Waals surface area contributed by atoms with Gasteiger partial charge in [0.1, 0.15) is 29.5 Å². The van der Waals surface area contributed by atoms with E-state index in [1.54, 1.807) is 0 Å². The van der Waals surface area contributed by atoms with Gasteiger partial charge in [-0.05, 0) is 147 Å². The summed E-state index contributed by atoms with van der Waals surface area (Å²) in [6.07, 6.45) is 13.2. The van der Waals surface area contributed by atoms with Crippen molar-refractivity contribution in [3.8, 4) is 17.2 Å². The van der Waals surface area contributed by atoms with Gasteiger partial charge in [-0.15, -0.1) is 11.6 Å². The van der Waals surface area contributed by atoms with Crippen LogP contribution in [0.15, 0.2) is 72.8 Å². The third-order valence-corrected chi connectivity index (χ3v) is 11.3. The Bertz CT molecular complexity index is 1390. The summed E-state index contributed by atoms with van der Waals surface area (Å²) in [4.78, 5) is 2.49. The van der Waals surface area contributed by atoms with Crippen molar-refractivity contribution in [2.75, 3.05) is 38.6 Å². The second kappa shape index (κ2) is 21.7. The Morgan fingerprint density at radius 2 is 0.855 bits per heavy atom. The van der Waals surface area contributed by atoms with E-state index in [1.165, 1.54) is 48.8 Å². The smallest absolute Gasteiger partial charge is 0.119 e. The molecule has 6 heteroatoms. The van der Waals surface area contributed by atoms with Gasteiger partial charge in [0.15, 0.2) is 0 Å². The Labute approximate surface area is 341 Å². The summed E-state index contributed by atoms with van der Waals surface area (Å²) in [5.74, 6) is 3.80. The van der Waals surface area contributed by atoms with E-state index in [0.29, 0.717) is 18.3 Å². The van der Waals surface area contributed by atoms with Crippen LogP contribution < -0.4 is 19.5 Å². The Hall–Kier alpha value is -2.73. The van der Waals surface area contributed by atoms with Gasteiger partial charge in [0.05, 0.1) is 6.10 Å². The van der Waals surface area contributed by atoms with Crippen LogP contribution in [0, 0.1) is 0 Å². The molecule has 6 rings (SSSR count). The van der Waals surface area contributed by atoms with Crippen LogP contribution in [0.25, 0.3) is 0 Å². The van der Waals surface area contributed by atoms with Crippen molar-refractivity contribution in [1.29, 1.82) is 0 Å². The van der Waals surface area contributed by atoms with Gasteiger partial charge in [-0.25, -0.2) is 0 Å². The highest BCUT2D eigenvalue weighted by Crippen LogP contribution is 2.29. The lowest BCUT2D eigenvalue weighted by Crippen LogP contribution is -2.38. The molecule has 1 saturated carbocycles. The molecular weight excluding hydrogens is 700 g/mol. The van der Waals surface area contributed by atoms with Crippen LogP contribution in [0.1, 0.15) is 143 Å². The Morgan fingerprint density at radius 3 is 1.20 bits per heavy atom. The zero-order valence-electron chi connectivity index (χ0n) is 36.0. The number of halogens is 1. The summed E-state index contributed by atoms with van der Waals surface area (Å²) in [6.45, 7) is 25.6. The summed E-state index contributed by atoms with van der Waals surface area (Å²) in [5.41, 5.74) is 4.72. The van der Waals surface area contributed by atoms with Gasteiger partial charge in [0, 0.05) is 19.0 Å². The molecule has 2 aliphatic heterocycles. The molecule has 0 atom stereocenters. The SMILES string of the molecule is CC(C)(C)c1ccc(OC2CCCCC2)cc1.CC(C)(C)c1ccc(OC2CCN(CCCCl)CC2)cc1.CC(C)(C)c1ccc(OC2CCNCC2)cc1. The number of hydrogen-bond acceptors (Lipinski definition) is 5. The fraction of sp³-hybridized carbons (Fsp3) is 0.633. The van der Waals surface area contributed by atoms with E-state index in [4.69, 9.17) is 25.8 Å². The molecule has 55 heavy (non-hydrogen) atoms. The summed E-state index contributed by atoms with van der Waals surface area (Å²) in [7, 11) is 0. The van der Waals surface area contributed by atoms with Crippen molar-refractivity contribution < 1.29 is 14.2 Å². The minimum Gasteiger partial charge on any atom is -0.490 e. The summed E-state index contributed by atoms with van der Waals surface area (Å²) in [5, 5.41) is 3.35. The quantitative estimate of drug-likeness (QED) is 0.219. The number of hydrogen-bond donors (Lipinski definition) is 1. The number of piperidine rings is 2. The van der Waals surface area contributed by atoms with Crippen LogP contribution in [0.4, 0.5) is 0 Å². The van der Waals surface area contributed by atoms with Crippen LogP contribution in [-0.2, 0) is 16.2 Å². The predicted molar refractivity (Wildman–Crippen MR) is 235 cm³/mol. The van der Waals surface area contributed by atoms with Crippen LogP contribution in [-0.4, -0.2) is 61.8 Å². The topological polar surface area (TPSA) is 43.0 Å². The number of alkyl halides is 1. The van der Waals surface area contributed by atoms with Gasteiger partial charge in [-0.1, -0.05) is 105 Å². The van der Waals surface area contributed by atoms with E-state index in [2.05, 4.69) is 145 Å². The lowest BCUT2D eigenvalue weighted by Gasteiger charge is -2.32. The molecule has 0 unspecified atom stereocenters. The predicted octanol–water partition coefficient (Wildman–Crippen LogP) is 12.3. The Morgan fingerprint density at radius 1 is 0.509 bits per heavy atom. The van der Waals surface area contributed by atoms with E-state index in [1.807, 2.05) is 0 Å². The highest BCUT2D eigenvalue weighted by atomic mass is 35.5. The van der Waals surface area contributed by atoms with Gasteiger partial charge in [0.25, 0.3) is 0 Å². The van der Waals surface area contributed by atoms with Crippen molar-refractivity contribution in [2.24, 2.45) is 0 Å². The first kappa shape index (κ1) is 45.0. The van der Waals surface area contributed by atoms with Crippen LogP contribution >= 0.6 is 11.6 Å². The van der Waals surface area contributed by atoms with Gasteiger partial charge in [0.2, 0.25) is 0 Å². The standard InChI is InChI=1S/C18H28ClNO.C16H24O.C15H23NO/c1-18(2,3)15-5-7-16(8-6-15)21-17-9-13-20(14-10-17)12-4-11-19;1-16(2,3)13-9-11-15(12-10-13)17-14-7-5-4-6-8-14;1-15(2,3)12-4-6-13(7-5-12)17-14-8-10-16-11-9-14/h5-8,17H,4,9-14H2,1-3H3;9-12,14H,4-8H2,1-3H3;4-7,14,16H,8-11H2,1-3H3. The first-order valence-corrected chi connectivity index (χ1v) is 21.9. The largest absolute Gasteiger partial charge is 0.490 e. The van der Waals surface area contributed by atoms with Crippen molar-refractivity contribution in [3.63, 3.8) is 0 Å². The van der Waals surface area contributed by atoms with Crippen molar-refractivity contribution in [1.82, 2.24) is 10.2 Å². The first-order valence-electron chi connectivity index (χ1n) is 21.4. The van der Waals surface area contributed by atoms with Gasteiger partial charge < -0.3 is 24.4 Å². The van der Waals surface area contributed by atoms with Gasteiger partial charge >= 0.3 is 0 Å². The molecule has 3 fully saturated rings. The van der Waals surface area contributed by atoms with Crippen LogP contribution in [0.3, 0.4) is 0 Å². The maximum atomic E-state index is 6.12. The molecule has 2 heterocycles. The highest BCUT2D eigenvalue weighted by Gasteiger charge is 2.21. The van der Waals surface area contributed by atoms with E-state index in [-0.39, 0.29) is 16.2 Å². The van der Waals surface area contributed by atoms with E-state index in [0.717, 1.165) is 88.0 Å². The third-order valence-electron chi connectivity index (χ3n) is 11.1. The maximum absolute atomic E-state index is 6.12. The molecule has 2 saturated heterocycles. The van der Waals surface area contributed by atoms with E-state index >= 15 is 0 Å². The minimum absolute atomic E-state index is 0.201. The molecular formula is C49H75ClN2O3. The molecule has 3 aliphatic rings. The fourth-order valence-electron chi connectivity index (χ4n) is 7.31. The summed E-state index contributed by atoms with van der Waals surface area (Å²) >= 11 is 5.75. The second-order valence-electron chi connectivity index (χ2n) is 19.0. The molecule has 0 aromatic heterocycles. The maximum Gasteiger partial charge on any atom is 0.119 e. The molecule has 0 bridgehead atoms. The molecule has 5 nitrogen and oxygen atoms in total. The molecule has 0 spiro atoms. The molecule has 3 aromatic carbocycles. The first-order chi connectivity index (χ1) is 26.1. The Balaban J connectivity index is 0.000000185. The van der Waals surface area contributed by atoms with Crippen LogP contribution in [0.5, 0.6) is 17.2 Å². The molecule has 1 N–H and O–H groups in total. The Kier molecular flexibility index (Phi) is 17.7. The van der Waals surface area contributed by atoms with Crippen molar-refractivity contribution >= 4 is 11.6 Å². The fourth-order valence-corrected chi connectivity index (χ4v) is 7.43. The molecule has 0 radical (unpaired) electrons. The molecule has 306 valence electrons. The zero-order chi connectivity index (χ0) is 39.9. The number of ether oxygens (including phenoxy) is 3. The van der Waals surface area contributed by atoms with Crippen molar-refractivity contribution in [3.05, 3.63) is 89.5 Å². The van der Waals surface area contributed by atoms with Gasteiger partial charge in [-0.2, -0.15) is 0 Å². The molecule has 1 aliphatic carbocycles. The normalized spacial score (nSPS) is 18.0. The number of nitrogens with zero attached hydrogens (tertiary/aromatic N) is 1. The average Bonchev–Trinajstić information content (AvgIpc) is 3.16. The minimum atomic E-state index is 0.201. The van der Waals surface area contributed by atoms with Crippen LogP contribution in [0.2, 0.25) is 0 Å². The number of nitrogens with one attached hydrogen (secondary N) is 1. The molecule has 0 amide bonds. The van der Waals surface area contributed by atoms with E-state index < -0.39 is 0 Å². The second-order valence-corrected chi connectivity index (χ2v) is 19.3. The highest BCUT2D eigenvalue weighted by molar-refractivity contribution is 6.17. The number of likely N-dealkylation sites (tertiary alicyclic amines) is 1. The lowest BCUT2D eigenvalue weighted by atomic mass is 9.87. The van der Waals surface area contributed by atoms with Gasteiger partial charge in [-0.3, -0.25) is 0 Å². The molecule has 3 aromatic rings. The van der Waals surface area contributed by atoms with Crippen molar-refractivity contribution in [2.45, 2.75) is 161 Å².